The van der Waals surface area contributed by atoms with Crippen LogP contribution in [0.1, 0.15) is 81.3 Å². The maximum absolute atomic E-state index is 14.1. The molecular weight excluding hydrogens is 645 g/mol. The van der Waals surface area contributed by atoms with E-state index >= 15 is 0 Å². The summed E-state index contributed by atoms with van der Waals surface area (Å²) >= 11 is 0. The number of esters is 1. The van der Waals surface area contributed by atoms with Gasteiger partial charge in [0, 0.05) is 49.6 Å². The van der Waals surface area contributed by atoms with Crippen LogP contribution in [0.25, 0.3) is 11.0 Å². The number of alkyl halides is 1. The number of methoxy groups -OCH3 is 1. The van der Waals surface area contributed by atoms with E-state index in [9.17, 15) is 23.6 Å². The molecular formula is C38H48FN3O8. The number of ether oxygens (including phenoxy) is 3. The molecule has 1 saturated heterocycles. The average Bonchev–Trinajstić information content (AvgIpc) is 3.73. The highest BCUT2D eigenvalue weighted by molar-refractivity contribution is 6.00. The Balaban J connectivity index is 1.27. The minimum Gasteiger partial charge on any atom is -0.460 e. The quantitative estimate of drug-likeness (QED) is 0.160. The largest absolute Gasteiger partial charge is 0.460 e. The number of hydrogen-bond acceptors (Lipinski definition) is 8. The van der Waals surface area contributed by atoms with Gasteiger partial charge >= 0.3 is 12.1 Å². The predicted molar refractivity (Wildman–Crippen MR) is 186 cm³/mol. The van der Waals surface area contributed by atoms with Gasteiger partial charge in [0.25, 0.3) is 0 Å². The minimum atomic E-state index is -0.743. The van der Waals surface area contributed by atoms with Crippen molar-refractivity contribution in [3.8, 4) is 0 Å². The second-order valence-corrected chi connectivity index (χ2v) is 14.1. The lowest BCUT2D eigenvalue weighted by atomic mass is 9.78. The Morgan fingerprint density at radius 3 is 2.40 bits per heavy atom. The first-order valence-electron chi connectivity index (χ1n) is 17.4. The number of carbonyl (C=O) groups excluding carboxylic acids is 4. The lowest BCUT2D eigenvalue weighted by Gasteiger charge is -2.36. The summed E-state index contributed by atoms with van der Waals surface area (Å²) in [5.74, 6) is -1.55. The molecule has 1 saturated carbocycles. The number of furan rings is 1. The number of nitrogens with one attached hydrogen (secondary N) is 2. The van der Waals surface area contributed by atoms with Gasteiger partial charge in [-0.25, -0.2) is 14.0 Å². The molecule has 0 radical (unpaired) electrons. The zero-order valence-electron chi connectivity index (χ0n) is 29.2. The SMILES string of the molecule is COCCCOC(=O)c1cc2cc(NC(=O)[C@@H]3[C@@H](c4ccccc4)CCN3C(=O)[C@H]3CC[C@H]([C@@H](CF)NC(=O)OC(C)(C)C)CC3)ccc2o1. The lowest BCUT2D eigenvalue weighted by molar-refractivity contribution is -0.141. The molecule has 0 spiro atoms. The molecule has 1 aliphatic carbocycles. The Hall–Kier alpha value is -4.45. The van der Waals surface area contributed by atoms with Crippen molar-refractivity contribution in [3.05, 3.63) is 65.9 Å². The molecule has 5 rings (SSSR count). The van der Waals surface area contributed by atoms with E-state index in [0.717, 1.165) is 5.56 Å². The van der Waals surface area contributed by atoms with Crippen LogP contribution in [0, 0.1) is 11.8 Å². The first kappa shape index (κ1) is 36.8. The molecule has 12 heteroatoms. The number of nitrogens with zero attached hydrogens (tertiary/aromatic N) is 1. The number of halogens is 1. The molecule has 2 aliphatic rings. The molecule has 2 N–H and O–H groups in total. The number of benzene rings is 2. The van der Waals surface area contributed by atoms with Gasteiger partial charge in [0.2, 0.25) is 17.6 Å². The number of alkyl carbamates (subject to hydrolysis) is 1. The first-order valence-corrected chi connectivity index (χ1v) is 17.4. The predicted octanol–water partition coefficient (Wildman–Crippen LogP) is 6.62. The van der Waals surface area contributed by atoms with Crippen LogP contribution in [-0.4, -0.2) is 80.0 Å². The standard InChI is InChI=1S/C38H48FN3O8/c1-38(2,3)50-37(46)41-30(23-39)25-11-13-26(14-12-25)35(44)42-18-17-29(24-9-6-5-7-10-24)33(42)34(43)40-28-15-16-31-27(21-28)22-32(49-31)36(45)48-20-8-19-47-4/h5-7,9-10,15-16,21-22,25-26,29-30,33H,8,11-14,17-20,23H2,1-4H3,(H,40,43)(H,41,46)/t25-,26-,29-,30-,33+/m1/s1. The van der Waals surface area contributed by atoms with Crippen LogP contribution in [0.2, 0.25) is 0 Å². The molecule has 3 atom stereocenters. The van der Waals surface area contributed by atoms with Crippen molar-refractivity contribution in [2.75, 3.05) is 38.9 Å². The smallest absolute Gasteiger partial charge is 0.407 e. The van der Waals surface area contributed by atoms with Crippen molar-refractivity contribution < 1.29 is 42.2 Å². The summed E-state index contributed by atoms with van der Waals surface area (Å²) in [5, 5.41) is 6.31. The van der Waals surface area contributed by atoms with Crippen molar-refractivity contribution in [1.29, 1.82) is 0 Å². The maximum atomic E-state index is 14.1. The number of anilines is 1. The fourth-order valence-corrected chi connectivity index (χ4v) is 7.03. The Morgan fingerprint density at radius 2 is 1.72 bits per heavy atom. The summed E-state index contributed by atoms with van der Waals surface area (Å²) in [6, 6.07) is 15.0. The topological polar surface area (TPSA) is 136 Å². The zero-order valence-corrected chi connectivity index (χ0v) is 29.2. The number of carbonyl (C=O) groups is 4. The maximum Gasteiger partial charge on any atom is 0.407 e. The van der Waals surface area contributed by atoms with Crippen molar-refractivity contribution >= 4 is 40.5 Å². The van der Waals surface area contributed by atoms with Gasteiger partial charge in [0.15, 0.2) is 0 Å². The van der Waals surface area contributed by atoms with Gasteiger partial charge in [-0.3, -0.25) is 9.59 Å². The fraction of sp³-hybridized carbons (Fsp3) is 0.526. The third-order valence-electron chi connectivity index (χ3n) is 9.45. The van der Waals surface area contributed by atoms with E-state index in [0.29, 0.717) is 68.3 Å². The molecule has 50 heavy (non-hydrogen) atoms. The number of likely N-dealkylation sites (tertiary alicyclic amines) is 1. The third-order valence-corrected chi connectivity index (χ3v) is 9.45. The molecule has 0 unspecified atom stereocenters. The second-order valence-electron chi connectivity index (χ2n) is 14.1. The molecule has 2 heterocycles. The van der Waals surface area contributed by atoms with Gasteiger partial charge < -0.3 is 34.2 Å². The van der Waals surface area contributed by atoms with Crippen LogP contribution < -0.4 is 10.6 Å². The summed E-state index contributed by atoms with van der Waals surface area (Å²) in [5.41, 5.74) is 1.26. The van der Waals surface area contributed by atoms with Crippen LogP contribution in [-0.2, 0) is 23.8 Å². The van der Waals surface area contributed by atoms with E-state index in [1.807, 2.05) is 30.3 Å². The highest BCUT2D eigenvalue weighted by Gasteiger charge is 2.45. The van der Waals surface area contributed by atoms with Gasteiger partial charge in [-0.15, -0.1) is 0 Å². The number of hydrogen-bond donors (Lipinski definition) is 2. The van der Waals surface area contributed by atoms with Gasteiger partial charge in [0.1, 0.15) is 23.9 Å². The number of fused-ring (bicyclic) bond motifs is 1. The van der Waals surface area contributed by atoms with Crippen molar-refractivity contribution in [3.63, 3.8) is 0 Å². The van der Waals surface area contributed by atoms with Crippen LogP contribution >= 0.6 is 0 Å². The molecule has 2 fully saturated rings. The fourth-order valence-electron chi connectivity index (χ4n) is 7.03. The molecule has 2 aromatic carbocycles. The van der Waals surface area contributed by atoms with Crippen LogP contribution in [0.5, 0.6) is 0 Å². The van der Waals surface area contributed by atoms with E-state index < -0.39 is 36.4 Å². The van der Waals surface area contributed by atoms with Crippen LogP contribution in [0.3, 0.4) is 0 Å². The van der Waals surface area contributed by atoms with E-state index in [4.69, 9.17) is 18.6 Å². The highest BCUT2D eigenvalue weighted by atomic mass is 19.1. The number of amides is 3. The third kappa shape index (κ3) is 9.21. The van der Waals surface area contributed by atoms with Gasteiger partial charge in [0.05, 0.1) is 12.6 Å². The summed E-state index contributed by atoms with van der Waals surface area (Å²) < 4.78 is 35.3. The minimum absolute atomic E-state index is 0.0609. The molecule has 11 nitrogen and oxygen atoms in total. The summed E-state index contributed by atoms with van der Waals surface area (Å²) in [6.45, 7) is 5.65. The molecule has 0 bridgehead atoms. The Morgan fingerprint density at radius 1 is 0.980 bits per heavy atom. The monoisotopic (exact) mass is 693 g/mol. The van der Waals surface area contributed by atoms with Crippen LogP contribution in [0.15, 0.2) is 59.0 Å². The van der Waals surface area contributed by atoms with E-state index in [2.05, 4.69) is 10.6 Å². The molecule has 3 amide bonds. The highest BCUT2D eigenvalue weighted by Crippen LogP contribution is 2.39. The van der Waals surface area contributed by atoms with E-state index in [1.54, 1.807) is 57.0 Å². The lowest BCUT2D eigenvalue weighted by Crippen LogP contribution is -2.49. The van der Waals surface area contributed by atoms with Crippen molar-refractivity contribution in [1.82, 2.24) is 10.2 Å². The number of rotatable bonds is 12. The average molecular weight is 694 g/mol. The Labute approximate surface area is 292 Å². The molecule has 3 aromatic rings. The zero-order chi connectivity index (χ0) is 35.8. The summed E-state index contributed by atoms with van der Waals surface area (Å²) in [7, 11) is 1.58. The van der Waals surface area contributed by atoms with Gasteiger partial charge in [-0.05, 0) is 88.6 Å². The molecule has 1 aliphatic heterocycles. The Bertz CT molecular complexity index is 1630. The first-order chi connectivity index (χ1) is 24.0. The molecule has 1 aromatic heterocycles. The van der Waals surface area contributed by atoms with E-state index in [-0.39, 0.29) is 41.9 Å². The Kier molecular flexibility index (Phi) is 12.2. The van der Waals surface area contributed by atoms with Crippen molar-refractivity contribution in [2.24, 2.45) is 11.8 Å². The second kappa shape index (κ2) is 16.5. The van der Waals surface area contributed by atoms with E-state index in [1.165, 1.54) is 0 Å². The van der Waals surface area contributed by atoms with Crippen molar-refractivity contribution in [2.45, 2.75) is 82.9 Å². The summed E-state index contributed by atoms with van der Waals surface area (Å²) in [6.07, 6.45) is 2.75. The summed E-state index contributed by atoms with van der Waals surface area (Å²) in [4.78, 5) is 54.7. The van der Waals surface area contributed by atoms with Crippen LogP contribution in [0.4, 0.5) is 14.9 Å². The van der Waals surface area contributed by atoms with Gasteiger partial charge in [-0.2, -0.15) is 0 Å². The van der Waals surface area contributed by atoms with Gasteiger partial charge in [-0.1, -0.05) is 30.3 Å². The normalized spacial score (nSPS) is 21.4. The molecule has 270 valence electrons.